The van der Waals surface area contributed by atoms with Crippen molar-refractivity contribution in [1.29, 1.82) is 0 Å². The van der Waals surface area contributed by atoms with Crippen LogP contribution in [0.2, 0.25) is 0 Å². The summed E-state index contributed by atoms with van der Waals surface area (Å²) in [5, 5.41) is 3.12. The normalized spacial score (nSPS) is 16.9. The fourth-order valence-electron chi connectivity index (χ4n) is 1.39. The van der Waals surface area contributed by atoms with Crippen LogP contribution in [0.3, 0.4) is 0 Å². The molecule has 0 bridgehead atoms. The Labute approximate surface area is 80.9 Å². The standard InChI is InChI=1S/C10H10N2O2/c1-2-4-9-8(3-1)12-10(14-9)13-7-5-11-6-7/h1-4,7,11H,5-6H2. The Bertz CT molecular complexity index is 415. The largest absolute Gasteiger partial charge is 0.444 e. The summed E-state index contributed by atoms with van der Waals surface area (Å²) in [6, 6.07) is 7.64. The number of rotatable bonds is 2. The molecule has 0 amide bonds. The van der Waals surface area contributed by atoms with E-state index in [9.17, 15) is 0 Å². The Balaban J connectivity index is 1.89. The molecule has 2 aromatic rings. The highest BCUT2D eigenvalue weighted by Gasteiger charge is 2.20. The van der Waals surface area contributed by atoms with E-state index in [1.165, 1.54) is 0 Å². The van der Waals surface area contributed by atoms with Gasteiger partial charge >= 0.3 is 6.08 Å². The van der Waals surface area contributed by atoms with Crippen LogP contribution in [0, 0.1) is 0 Å². The summed E-state index contributed by atoms with van der Waals surface area (Å²) in [4.78, 5) is 4.22. The number of oxazole rings is 1. The summed E-state index contributed by atoms with van der Waals surface area (Å²) in [7, 11) is 0. The first-order valence-electron chi connectivity index (χ1n) is 4.65. The van der Waals surface area contributed by atoms with Crippen molar-refractivity contribution in [3.63, 3.8) is 0 Å². The van der Waals surface area contributed by atoms with Crippen LogP contribution in [0.5, 0.6) is 6.08 Å². The maximum atomic E-state index is 5.50. The third kappa shape index (κ3) is 1.24. The molecule has 4 heteroatoms. The molecule has 0 spiro atoms. The van der Waals surface area contributed by atoms with Crippen molar-refractivity contribution in [2.24, 2.45) is 0 Å². The monoisotopic (exact) mass is 190 g/mol. The molecule has 1 saturated heterocycles. The number of hydrogen-bond acceptors (Lipinski definition) is 4. The van der Waals surface area contributed by atoms with Gasteiger partial charge in [0.1, 0.15) is 11.6 Å². The number of benzene rings is 1. The first-order valence-corrected chi connectivity index (χ1v) is 4.65. The highest BCUT2D eigenvalue weighted by molar-refractivity contribution is 5.72. The van der Waals surface area contributed by atoms with E-state index in [4.69, 9.17) is 9.15 Å². The number of nitrogens with one attached hydrogen (secondary N) is 1. The van der Waals surface area contributed by atoms with Crippen molar-refractivity contribution in [2.45, 2.75) is 6.10 Å². The Morgan fingerprint density at radius 1 is 1.36 bits per heavy atom. The van der Waals surface area contributed by atoms with Gasteiger partial charge in [0.25, 0.3) is 0 Å². The lowest BCUT2D eigenvalue weighted by molar-refractivity contribution is 0.105. The van der Waals surface area contributed by atoms with Gasteiger partial charge in [0.05, 0.1) is 0 Å². The average Bonchev–Trinajstić information content (AvgIpc) is 2.53. The predicted molar refractivity (Wildman–Crippen MR) is 51.3 cm³/mol. The van der Waals surface area contributed by atoms with E-state index < -0.39 is 0 Å². The van der Waals surface area contributed by atoms with Gasteiger partial charge in [-0.15, -0.1) is 0 Å². The van der Waals surface area contributed by atoms with Crippen LogP contribution in [0.4, 0.5) is 0 Å². The molecule has 0 unspecified atom stereocenters. The maximum absolute atomic E-state index is 5.50. The lowest BCUT2D eigenvalue weighted by atomic mass is 10.2. The highest BCUT2D eigenvalue weighted by Crippen LogP contribution is 2.21. The summed E-state index contributed by atoms with van der Waals surface area (Å²) >= 11 is 0. The number of ether oxygens (including phenoxy) is 1. The molecule has 1 fully saturated rings. The SMILES string of the molecule is c1ccc2oc(OC3CNC3)nc2c1. The molecule has 0 atom stereocenters. The Hall–Kier alpha value is -1.55. The minimum atomic E-state index is 0.211. The van der Waals surface area contributed by atoms with Crippen LogP contribution in [-0.4, -0.2) is 24.2 Å². The lowest BCUT2D eigenvalue weighted by Gasteiger charge is -2.25. The molecular weight excluding hydrogens is 180 g/mol. The van der Waals surface area contributed by atoms with E-state index in [1.54, 1.807) is 0 Å². The number of para-hydroxylation sites is 2. The van der Waals surface area contributed by atoms with Gasteiger partial charge in [-0.3, -0.25) is 0 Å². The van der Waals surface area contributed by atoms with Crippen LogP contribution in [-0.2, 0) is 0 Å². The van der Waals surface area contributed by atoms with E-state index in [-0.39, 0.29) is 6.10 Å². The van der Waals surface area contributed by atoms with Crippen molar-refractivity contribution >= 4 is 11.1 Å². The fourth-order valence-corrected chi connectivity index (χ4v) is 1.39. The van der Waals surface area contributed by atoms with Gasteiger partial charge < -0.3 is 14.5 Å². The van der Waals surface area contributed by atoms with Gasteiger partial charge in [0, 0.05) is 13.1 Å². The molecule has 1 aliphatic rings. The number of nitrogens with zero attached hydrogens (tertiary/aromatic N) is 1. The van der Waals surface area contributed by atoms with E-state index in [0.29, 0.717) is 6.08 Å². The van der Waals surface area contributed by atoms with Crippen molar-refractivity contribution in [3.05, 3.63) is 24.3 Å². The molecule has 3 rings (SSSR count). The van der Waals surface area contributed by atoms with Crippen LogP contribution >= 0.6 is 0 Å². The molecule has 1 aliphatic heterocycles. The summed E-state index contributed by atoms with van der Waals surface area (Å²) in [6.45, 7) is 1.75. The Morgan fingerprint density at radius 3 is 2.93 bits per heavy atom. The average molecular weight is 190 g/mol. The summed E-state index contributed by atoms with van der Waals surface area (Å²) in [5.74, 6) is 0. The predicted octanol–water partition coefficient (Wildman–Crippen LogP) is 1.18. The van der Waals surface area contributed by atoms with Gasteiger partial charge in [-0.25, -0.2) is 0 Å². The molecule has 4 nitrogen and oxygen atoms in total. The van der Waals surface area contributed by atoms with Gasteiger partial charge in [-0.05, 0) is 12.1 Å². The second-order valence-electron chi connectivity index (χ2n) is 3.35. The second kappa shape index (κ2) is 2.99. The molecule has 1 aromatic carbocycles. The number of hydrogen-bond donors (Lipinski definition) is 1. The summed E-state index contributed by atoms with van der Waals surface area (Å²) in [5.41, 5.74) is 1.62. The zero-order valence-corrected chi connectivity index (χ0v) is 7.56. The second-order valence-corrected chi connectivity index (χ2v) is 3.35. The molecule has 72 valence electrons. The van der Waals surface area contributed by atoms with E-state index in [2.05, 4.69) is 10.3 Å². The van der Waals surface area contributed by atoms with Crippen molar-refractivity contribution in [2.75, 3.05) is 13.1 Å². The van der Waals surface area contributed by atoms with Crippen LogP contribution in [0.25, 0.3) is 11.1 Å². The first-order chi connectivity index (χ1) is 6.92. The van der Waals surface area contributed by atoms with Crippen LogP contribution in [0.15, 0.2) is 28.7 Å². The maximum Gasteiger partial charge on any atom is 0.395 e. The molecular formula is C10H10N2O2. The molecule has 0 aliphatic carbocycles. The zero-order chi connectivity index (χ0) is 9.38. The van der Waals surface area contributed by atoms with Crippen LogP contribution in [0.1, 0.15) is 0 Å². The van der Waals surface area contributed by atoms with Crippen molar-refractivity contribution in [3.8, 4) is 6.08 Å². The lowest BCUT2D eigenvalue weighted by Crippen LogP contribution is -2.50. The minimum absolute atomic E-state index is 0.211. The fraction of sp³-hybridized carbons (Fsp3) is 0.300. The number of fused-ring (bicyclic) bond motifs is 1. The van der Waals surface area contributed by atoms with E-state index in [0.717, 1.165) is 24.2 Å². The van der Waals surface area contributed by atoms with Gasteiger partial charge in [0.2, 0.25) is 0 Å². The first kappa shape index (κ1) is 7.82. The zero-order valence-electron chi connectivity index (χ0n) is 7.56. The van der Waals surface area contributed by atoms with Gasteiger partial charge in [0.15, 0.2) is 5.58 Å². The van der Waals surface area contributed by atoms with Gasteiger partial charge in [-0.1, -0.05) is 12.1 Å². The third-order valence-corrected chi connectivity index (χ3v) is 2.29. The molecule has 2 heterocycles. The van der Waals surface area contributed by atoms with Crippen molar-refractivity contribution < 1.29 is 9.15 Å². The molecule has 1 N–H and O–H groups in total. The van der Waals surface area contributed by atoms with Crippen LogP contribution < -0.4 is 10.1 Å². The molecule has 0 saturated carbocycles. The minimum Gasteiger partial charge on any atom is -0.444 e. The molecule has 14 heavy (non-hydrogen) atoms. The van der Waals surface area contributed by atoms with E-state index in [1.807, 2.05) is 24.3 Å². The quantitative estimate of drug-likeness (QED) is 0.772. The highest BCUT2D eigenvalue weighted by atomic mass is 16.6. The Kier molecular flexibility index (Phi) is 1.67. The summed E-state index contributed by atoms with van der Waals surface area (Å²) in [6.07, 6.45) is 0.584. The number of aromatic nitrogens is 1. The van der Waals surface area contributed by atoms with Crippen molar-refractivity contribution in [1.82, 2.24) is 10.3 Å². The van der Waals surface area contributed by atoms with Gasteiger partial charge in [-0.2, -0.15) is 4.98 Å². The molecule has 1 aromatic heterocycles. The van der Waals surface area contributed by atoms with E-state index >= 15 is 0 Å². The topological polar surface area (TPSA) is 47.3 Å². The molecule has 0 radical (unpaired) electrons. The smallest absolute Gasteiger partial charge is 0.395 e. The Morgan fingerprint density at radius 2 is 2.21 bits per heavy atom. The third-order valence-electron chi connectivity index (χ3n) is 2.29. The summed E-state index contributed by atoms with van der Waals surface area (Å²) < 4.78 is 10.9.